The number of rotatable bonds is 6. The zero-order valence-corrected chi connectivity index (χ0v) is 17.1. The fraction of sp³-hybridized carbons (Fsp3) is 0.125. The Kier molecular flexibility index (Phi) is 6.09. The van der Waals surface area contributed by atoms with Crippen LogP contribution < -0.4 is 4.74 Å². The lowest BCUT2D eigenvalue weighted by Gasteiger charge is -2.22. The Labute approximate surface area is 183 Å². The summed E-state index contributed by atoms with van der Waals surface area (Å²) in [7, 11) is 0. The number of carbonyl (C=O) groups excluding carboxylic acids is 2. The van der Waals surface area contributed by atoms with E-state index in [9.17, 15) is 14.0 Å². The van der Waals surface area contributed by atoms with E-state index in [1.54, 1.807) is 48.5 Å². The van der Waals surface area contributed by atoms with Crippen LogP contribution in [0.25, 0.3) is 0 Å². The third kappa shape index (κ3) is 4.64. The summed E-state index contributed by atoms with van der Waals surface area (Å²) in [5.41, 5.74) is 2.64. The normalized spacial score (nSPS) is 15.5. The molecule has 31 heavy (non-hydrogen) atoms. The number of benzene rings is 3. The van der Waals surface area contributed by atoms with Crippen LogP contribution in [0.4, 0.5) is 4.39 Å². The molecule has 0 saturated heterocycles. The van der Waals surface area contributed by atoms with E-state index in [-0.39, 0.29) is 24.4 Å². The van der Waals surface area contributed by atoms with Gasteiger partial charge in [0.1, 0.15) is 11.6 Å². The van der Waals surface area contributed by atoms with E-state index in [0.29, 0.717) is 34.8 Å². The zero-order valence-electron chi connectivity index (χ0n) is 16.4. The highest BCUT2D eigenvalue weighted by atomic mass is 35.5. The Morgan fingerprint density at radius 3 is 2.52 bits per heavy atom. The predicted octanol–water partition coefficient (Wildman–Crippen LogP) is 5.05. The molecule has 1 heterocycles. The van der Waals surface area contributed by atoms with Crippen molar-refractivity contribution in [3.63, 3.8) is 0 Å². The Bertz CT molecular complexity index is 1130. The van der Waals surface area contributed by atoms with Gasteiger partial charge in [-0.2, -0.15) is 5.10 Å². The minimum absolute atomic E-state index is 0.283. The first-order valence-corrected chi connectivity index (χ1v) is 10.0. The molecule has 3 aromatic carbocycles. The number of hydrogen-bond acceptors (Lipinski definition) is 4. The zero-order chi connectivity index (χ0) is 21.8. The maximum atomic E-state index is 13.3. The van der Waals surface area contributed by atoms with Gasteiger partial charge in [-0.25, -0.2) is 9.40 Å². The Hall–Kier alpha value is -3.51. The van der Waals surface area contributed by atoms with Gasteiger partial charge in [0.05, 0.1) is 17.3 Å². The number of ether oxygens (including phenoxy) is 1. The molecule has 0 saturated carbocycles. The van der Waals surface area contributed by atoms with E-state index in [2.05, 4.69) is 5.10 Å². The summed E-state index contributed by atoms with van der Waals surface area (Å²) in [6, 6.07) is 19.5. The minimum Gasteiger partial charge on any atom is -0.483 e. The lowest BCUT2D eigenvalue weighted by Crippen LogP contribution is -2.31. The smallest absolute Gasteiger partial charge is 0.281 e. The molecule has 5 nitrogen and oxygen atoms in total. The van der Waals surface area contributed by atoms with Crippen LogP contribution in [0.2, 0.25) is 5.02 Å². The summed E-state index contributed by atoms with van der Waals surface area (Å²) < 4.78 is 18.9. The van der Waals surface area contributed by atoms with Crippen LogP contribution in [-0.2, 0) is 4.79 Å². The van der Waals surface area contributed by atoms with Gasteiger partial charge in [-0.05, 0) is 47.5 Å². The molecule has 0 radical (unpaired) electrons. The predicted molar refractivity (Wildman–Crippen MR) is 116 cm³/mol. The number of hydrogen-bond donors (Lipinski definition) is 0. The van der Waals surface area contributed by atoms with E-state index < -0.39 is 0 Å². The third-order valence-electron chi connectivity index (χ3n) is 5.00. The monoisotopic (exact) mass is 436 g/mol. The number of carbonyl (C=O) groups is 2. The van der Waals surface area contributed by atoms with Gasteiger partial charge in [0.15, 0.2) is 12.9 Å². The number of aldehydes is 1. The molecule has 7 heteroatoms. The summed E-state index contributed by atoms with van der Waals surface area (Å²) in [6.45, 7) is -0.283. The Balaban J connectivity index is 1.59. The molecule has 0 bridgehead atoms. The molecule has 0 N–H and O–H groups in total. The largest absolute Gasteiger partial charge is 0.483 e. The van der Waals surface area contributed by atoms with Gasteiger partial charge in [-0.3, -0.25) is 9.59 Å². The Morgan fingerprint density at radius 2 is 1.81 bits per heavy atom. The number of hydrazone groups is 1. The molecule has 0 spiro atoms. The van der Waals surface area contributed by atoms with Crippen LogP contribution >= 0.6 is 11.6 Å². The van der Waals surface area contributed by atoms with Gasteiger partial charge < -0.3 is 4.74 Å². The quantitative estimate of drug-likeness (QED) is 0.508. The van der Waals surface area contributed by atoms with Crippen LogP contribution in [0.1, 0.15) is 33.9 Å². The molecular weight excluding hydrogens is 419 g/mol. The number of nitrogens with zero attached hydrogens (tertiary/aromatic N) is 2. The topological polar surface area (TPSA) is 59.0 Å². The van der Waals surface area contributed by atoms with Gasteiger partial charge in [-0.15, -0.1) is 0 Å². The van der Waals surface area contributed by atoms with Gasteiger partial charge in [0.2, 0.25) is 0 Å². The van der Waals surface area contributed by atoms with E-state index in [1.165, 1.54) is 17.1 Å². The van der Waals surface area contributed by atoms with Crippen LogP contribution in [0.15, 0.2) is 77.9 Å². The molecule has 0 aromatic heterocycles. The summed E-state index contributed by atoms with van der Waals surface area (Å²) in [5, 5.41) is 6.49. The molecular formula is C24H18ClFN2O3. The highest BCUT2D eigenvalue weighted by Crippen LogP contribution is 2.33. The van der Waals surface area contributed by atoms with E-state index in [1.807, 2.05) is 12.1 Å². The van der Waals surface area contributed by atoms with Gasteiger partial charge >= 0.3 is 0 Å². The minimum atomic E-state index is -0.363. The van der Waals surface area contributed by atoms with Crippen molar-refractivity contribution in [3.8, 4) is 5.75 Å². The first-order chi connectivity index (χ1) is 15.0. The van der Waals surface area contributed by atoms with Gasteiger partial charge in [0.25, 0.3) is 5.91 Å². The first kappa shape index (κ1) is 20.8. The van der Waals surface area contributed by atoms with Crippen molar-refractivity contribution in [2.24, 2.45) is 5.10 Å². The lowest BCUT2D eigenvalue weighted by molar-refractivity contribution is -0.135. The summed E-state index contributed by atoms with van der Waals surface area (Å²) >= 11 is 6.01. The maximum Gasteiger partial charge on any atom is 0.281 e. The van der Waals surface area contributed by atoms with Crippen molar-refractivity contribution in [2.75, 3.05) is 6.61 Å². The lowest BCUT2D eigenvalue weighted by atomic mass is 9.98. The van der Waals surface area contributed by atoms with Crippen LogP contribution in [0.5, 0.6) is 5.75 Å². The van der Waals surface area contributed by atoms with Crippen molar-refractivity contribution in [2.45, 2.75) is 12.5 Å². The molecule has 156 valence electrons. The van der Waals surface area contributed by atoms with Crippen LogP contribution in [0, 0.1) is 5.82 Å². The highest BCUT2D eigenvalue weighted by molar-refractivity contribution is 6.30. The molecule has 1 unspecified atom stereocenters. The molecule has 1 amide bonds. The molecule has 1 aliphatic heterocycles. The second-order valence-corrected chi connectivity index (χ2v) is 7.44. The standard InChI is InChI=1S/C24H18ClFN2O3/c25-19-9-5-17(6-10-19)22-13-21(16-7-11-20(26)12-8-16)27-28(22)24(30)15-31-23-4-2-1-3-18(23)14-29/h1-12,14,22H,13,15H2. The molecule has 1 aliphatic rings. The van der Waals surface area contributed by atoms with Crippen LogP contribution in [0.3, 0.4) is 0 Å². The maximum absolute atomic E-state index is 13.3. The number of halogens is 2. The summed E-state index contributed by atoms with van der Waals surface area (Å²) in [6.07, 6.45) is 1.14. The fourth-order valence-electron chi connectivity index (χ4n) is 3.42. The molecule has 0 fully saturated rings. The first-order valence-electron chi connectivity index (χ1n) is 9.63. The fourth-order valence-corrected chi connectivity index (χ4v) is 3.54. The SMILES string of the molecule is O=Cc1ccccc1OCC(=O)N1N=C(c2ccc(F)cc2)CC1c1ccc(Cl)cc1. The van der Waals surface area contributed by atoms with E-state index >= 15 is 0 Å². The van der Waals surface area contributed by atoms with E-state index in [4.69, 9.17) is 16.3 Å². The second-order valence-electron chi connectivity index (χ2n) is 7.01. The average molecular weight is 437 g/mol. The van der Waals surface area contributed by atoms with Crippen LogP contribution in [-0.4, -0.2) is 29.5 Å². The summed E-state index contributed by atoms with van der Waals surface area (Å²) in [5.74, 6) is -0.375. The molecule has 0 aliphatic carbocycles. The van der Waals surface area contributed by atoms with Crippen molar-refractivity contribution >= 4 is 29.5 Å². The van der Waals surface area contributed by atoms with E-state index in [0.717, 1.165) is 11.1 Å². The average Bonchev–Trinajstić information content (AvgIpc) is 3.24. The number of amides is 1. The van der Waals surface area contributed by atoms with Gasteiger partial charge in [0, 0.05) is 11.4 Å². The van der Waals surface area contributed by atoms with Crippen molar-refractivity contribution in [1.29, 1.82) is 0 Å². The molecule has 3 aromatic rings. The van der Waals surface area contributed by atoms with Crippen molar-refractivity contribution in [3.05, 3.63) is 100 Å². The van der Waals surface area contributed by atoms with Crippen molar-refractivity contribution in [1.82, 2.24) is 5.01 Å². The van der Waals surface area contributed by atoms with Gasteiger partial charge in [-0.1, -0.05) is 48.0 Å². The third-order valence-corrected chi connectivity index (χ3v) is 5.25. The number of para-hydroxylation sites is 1. The Morgan fingerprint density at radius 1 is 1.10 bits per heavy atom. The second kappa shape index (κ2) is 9.10. The summed E-state index contributed by atoms with van der Waals surface area (Å²) in [4.78, 5) is 24.2. The highest BCUT2D eigenvalue weighted by Gasteiger charge is 2.33. The molecule has 4 rings (SSSR count). The van der Waals surface area contributed by atoms with Crippen molar-refractivity contribution < 1.29 is 18.7 Å². The molecule has 1 atom stereocenters.